The second-order valence-corrected chi connectivity index (χ2v) is 7.81. The lowest BCUT2D eigenvalue weighted by Gasteiger charge is -2.32. The van der Waals surface area contributed by atoms with Gasteiger partial charge < -0.3 is 10.0 Å². The van der Waals surface area contributed by atoms with E-state index >= 15 is 0 Å². The van der Waals surface area contributed by atoms with Gasteiger partial charge >= 0.3 is 5.97 Å². The number of primary sulfonamides is 1. The van der Waals surface area contributed by atoms with E-state index in [9.17, 15) is 23.1 Å². The van der Waals surface area contributed by atoms with Gasteiger partial charge in [-0.2, -0.15) is 0 Å². The van der Waals surface area contributed by atoms with Crippen LogP contribution in [0.15, 0.2) is 10.3 Å². The third-order valence-corrected chi connectivity index (χ3v) is 6.06. The standard InChI is InChI=1S/C12H16N2O5S2/c1-7-6-9(21(13,18)19)20-10(7)11(15)14-5-3-2-4-8(14)12(16)17/h6,8H,2-5H2,1H3,(H,16,17)(H2,13,18,19). The Morgan fingerprint density at radius 2 is 2.10 bits per heavy atom. The zero-order valence-corrected chi connectivity index (χ0v) is 13.0. The summed E-state index contributed by atoms with van der Waals surface area (Å²) in [5.74, 6) is -1.48. The third-order valence-electron chi connectivity index (χ3n) is 3.42. The minimum Gasteiger partial charge on any atom is -0.480 e. The molecule has 7 nitrogen and oxygen atoms in total. The van der Waals surface area contributed by atoms with Crippen molar-refractivity contribution in [1.29, 1.82) is 0 Å². The van der Waals surface area contributed by atoms with E-state index in [1.54, 1.807) is 6.92 Å². The number of aliphatic carboxylic acids is 1. The van der Waals surface area contributed by atoms with E-state index in [1.165, 1.54) is 11.0 Å². The van der Waals surface area contributed by atoms with Crippen LogP contribution in [0.25, 0.3) is 0 Å². The first kappa shape index (κ1) is 15.9. The van der Waals surface area contributed by atoms with Crippen molar-refractivity contribution in [2.75, 3.05) is 6.54 Å². The zero-order chi connectivity index (χ0) is 15.8. The zero-order valence-electron chi connectivity index (χ0n) is 11.4. The Balaban J connectivity index is 2.35. The van der Waals surface area contributed by atoms with Crippen LogP contribution in [0.4, 0.5) is 0 Å². The monoisotopic (exact) mass is 332 g/mol. The molecule has 1 fully saturated rings. The van der Waals surface area contributed by atoms with E-state index in [4.69, 9.17) is 5.14 Å². The molecule has 1 aromatic rings. The van der Waals surface area contributed by atoms with Crippen molar-refractivity contribution in [1.82, 2.24) is 4.90 Å². The van der Waals surface area contributed by atoms with E-state index in [0.717, 1.165) is 24.2 Å². The van der Waals surface area contributed by atoms with Gasteiger partial charge in [0.05, 0.1) is 4.88 Å². The van der Waals surface area contributed by atoms with Gasteiger partial charge in [-0.25, -0.2) is 18.4 Å². The molecule has 0 bridgehead atoms. The molecule has 2 heterocycles. The number of sulfonamides is 1. The molecular weight excluding hydrogens is 316 g/mol. The van der Waals surface area contributed by atoms with Gasteiger partial charge in [0.15, 0.2) is 0 Å². The number of hydrogen-bond donors (Lipinski definition) is 2. The van der Waals surface area contributed by atoms with Crippen LogP contribution in [0, 0.1) is 6.92 Å². The summed E-state index contributed by atoms with van der Waals surface area (Å²) >= 11 is 0.785. The first-order chi connectivity index (χ1) is 9.71. The topological polar surface area (TPSA) is 118 Å². The summed E-state index contributed by atoms with van der Waals surface area (Å²) in [5, 5.41) is 14.3. The molecule has 1 unspecified atom stereocenters. The van der Waals surface area contributed by atoms with Crippen LogP contribution < -0.4 is 5.14 Å². The minimum atomic E-state index is -3.87. The van der Waals surface area contributed by atoms with E-state index in [0.29, 0.717) is 18.5 Å². The quantitative estimate of drug-likeness (QED) is 0.848. The molecule has 2 rings (SSSR count). The van der Waals surface area contributed by atoms with Gasteiger partial charge in [0.25, 0.3) is 5.91 Å². The molecule has 1 saturated heterocycles. The Bertz CT molecular complexity index is 680. The maximum absolute atomic E-state index is 12.5. The van der Waals surface area contributed by atoms with E-state index in [2.05, 4.69) is 0 Å². The number of thiophene rings is 1. The smallest absolute Gasteiger partial charge is 0.326 e. The average Bonchev–Trinajstić information content (AvgIpc) is 2.80. The summed E-state index contributed by atoms with van der Waals surface area (Å²) in [5.41, 5.74) is 0.490. The van der Waals surface area contributed by atoms with Gasteiger partial charge in [0.2, 0.25) is 10.0 Å². The highest BCUT2D eigenvalue weighted by atomic mass is 32.2. The lowest BCUT2D eigenvalue weighted by Crippen LogP contribution is -2.47. The van der Waals surface area contributed by atoms with Crippen molar-refractivity contribution in [3.63, 3.8) is 0 Å². The lowest BCUT2D eigenvalue weighted by molar-refractivity contribution is -0.143. The number of aryl methyl sites for hydroxylation is 1. The molecular formula is C12H16N2O5S2. The van der Waals surface area contributed by atoms with Crippen molar-refractivity contribution in [3.05, 3.63) is 16.5 Å². The molecule has 3 N–H and O–H groups in total. The summed E-state index contributed by atoms with van der Waals surface area (Å²) in [4.78, 5) is 25.3. The van der Waals surface area contributed by atoms with Gasteiger partial charge in [0.1, 0.15) is 10.3 Å². The van der Waals surface area contributed by atoms with Gasteiger partial charge in [-0.15, -0.1) is 11.3 Å². The third kappa shape index (κ3) is 3.25. The molecule has 1 atom stereocenters. The fourth-order valence-electron chi connectivity index (χ4n) is 2.37. The Hall–Kier alpha value is -1.45. The van der Waals surface area contributed by atoms with Crippen LogP contribution in [0.3, 0.4) is 0 Å². The molecule has 116 valence electrons. The second-order valence-electron chi connectivity index (χ2n) is 4.97. The molecule has 1 aliphatic rings. The number of carboxylic acids is 1. The van der Waals surface area contributed by atoms with E-state index in [-0.39, 0.29) is 9.09 Å². The average molecular weight is 332 g/mol. The SMILES string of the molecule is Cc1cc(S(N)(=O)=O)sc1C(=O)N1CCCCC1C(=O)O. The molecule has 1 aromatic heterocycles. The number of likely N-dealkylation sites (tertiary alicyclic amines) is 1. The normalized spacial score (nSPS) is 19.5. The number of amides is 1. The van der Waals surface area contributed by atoms with Crippen molar-refractivity contribution >= 4 is 33.2 Å². The predicted octanol–water partition coefficient (Wildman–Crippen LogP) is 0.783. The summed E-state index contributed by atoms with van der Waals surface area (Å²) in [6.45, 7) is 1.97. The van der Waals surface area contributed by atoms with Gasteiger partial charge in [-0.1, -0.05) is 0 Å². The van der Waals surface area contributed by atoms with E-state index < -0.39 is 27.9 Å². The fraction of sp³-hybridized carbons (Fsp3) is 0.500. The molecule has 0 aromatic carbocycles. The number of rotatable bonds is 3. The maximum Gasteiger partial charge on any atom is 0.326 e. The van der Waals surface area contributed by atoms with Gasteiger partial charge in [-0.3, -0.25) is 4.79 Å². The summed E-state index contributed by atoms with van der Waals surface area (Å²) in [7, 11) is -3.87. The number of carbonyl (C=O) groups excluding carboxylic acids is 1. The molecule has 21 heavy (non-hydrogen) atoms. The number of carboxylic acid groups (broad SMARTS) is 1. The Kier molecular flexibility index (Phi) is 4.35. The van der Waals surface area contributed by atoms with Crippen LogP contribution in [0.1, 0.15) is 34.5 Å². The molecule has 1 amide bonds. The Morgan fingerprint density at radius 3 is 2.62 bits per heavy atom. The van der Waals surface area contributed by atoms with Gasteiger partial charge in [-0.05, 0) is 37.8 Å². The number of hydrogen-bond acceptors (Lipinski definition) is 5. The van der Waals surface area contributed by atoms with Crippen LogP contribution >= 0.6 is 11.3 Å². The van der Waals surface area contributed by atoms with Crippen molar-refractivity contribution < 1.29 is 23.1 Å². The fourth-order valence-corrected chi connectivity index (χ4v) is 4.28. The molecule has 1 aliphatic heterocycles. The summed E-state index contributed by atoms with van der Waals surface area (Å²) < 4.78 is 22.6. The van der Waals surface area contributed by atoms with Gasteiger partial charge in [0, 0.05) is 6.54 Å². The van der Waals surface area contributed by atoms with E-state index in [1.807, 2.05) is 0 Å². The Morgan fingerprint density at radius 1 is 1.43 bits per heavy atom. The lowest BCUT2D eigenvalue weighted by atomic mass is 10.0. The molecule has 9 heteroatoms. The highest BCUT2D eigenvalue weighted by Crippen LogP contribution is 2.28. The Labute approximate surface area is 126 Å². The second kappa shape index (κ2) is 5.74. The van der Waals surface area contributed by atoms with Crippen LogP contribution in [-0.2, 0) is 14.8 Å². The summed E-state index contributed by atoms with van der Waals surface area (Å²) in [6.07, 6.45) is 1.90. The van der Waals surface area contributed by atoms with Crippen molar-refractivity contribution in [3.8, 4) is 0 Å². The van der Waals surface area contributed by atoms with Crippen molar-refractivity contribution in [2.45, 2.75) is 36.4 Å². The first-order valence-electron chi connectivity index (χ1n) is 6.39. The molecule has 0 saturated carbocycles. The number of carbonyl (C=O) groups is 2. The first-order valence-corrected chi connectivity index (χ1v) is 8.75. The minimum absolute atomic E-state index is 0.0905. The highest BCUT2D eigenvalue weighted by molar-refractivity contribution is 7.91. The maximum atomic E-state index is 12.5. The largest absolute Gasteiger partial charge is 0.480 e. The number of piperidine rings is 1. The van der Waals surface area contributed by atoms with Crippen molar-refractivity contribution in [2.24, 2.45) is 5.14 Å². The molecule has 0 spiro atoms. The van der Waals surface area contributed by atoms with Crippen LogP contribution in [0.5, 0.6) is 0 Å². The number of nitrogens with zero attached hydrogens (tertiary/aromatic N) is 1. The number of nitrogens with two attached hydrogens (primary N) is 1. The van der Waals surface area contributed by atoms with Crippen LogP contribution in [-0.4, -0.2) is 42.9 Å². The molecule has 0 radical (unpaired) electrons. The molecule has 0 aliphatic carbocycles. The predicted molar refractivity (Wildman–Crippen MR) is 76.7 cm³/mol. The summed E-state index contributed by atoms with van der Waals surface area (Å²) in [6, 6.07) is 0.484. The van der Waals surface area contributed by atoms with Crippen LogP contribution in [0.2, 0.25) is 0 Å². The highest BCUT2D eigenvalue weighted by Gasteiger charge is 2.34.